The second-order valence-electron chi connectivity index (χ2n) is 5.71. The maximum Gasteiger partial charge on any atom is 0.254 e. The molecule has 1 unspecified atom stereocenters. The molecule has 1 atom stereocenters. The molecular weight excluding hydrogens is 260 g/mol. The first-order valence-electron chi connectivity index (χ1n) is 6.38. The summed E-state index contributed by atoms with van der Waals surface area (Å²) in [6, 6.07) is 2.20. The number of nitrogens with one attached hydrogen (secondary N) is 1. The number of anilines is 1. The maximum absolute atomic E-state index is 12.0. The zero-order valence-corrected chi connectivity index (χ0v) is 12.3. The molecule has 1 amide bonds. The van der Waals surface area contributed by atoms with Crippen LogP contribution in [0.25, 0.3) is 0 Å². The Morgan fingerprint density at radius 3 is 2.84 bits per heavy atom. The number of carbonyl (C=O) groups is 1. The first kappa shape index (κ1) is 14.0. The second-order valence-corrected chi connectivity index (χ2v) is 6.59. The Morgan fingerprint density at radius 1 is 1.58 bits per heavy atom. The number of nitriles is 1. The van der Waals surface area contributed by atoms with Gasteiger partial charge in [0.25, 0.3) is 5.91 Å². The summed E-state index contributed by atoms with van der Waals surface area (Å²) < 4.78 is 5.34. The Balaban J connectivity index is 2.19. The van der Waals surface area contributed by atoms with Gasteiger partial charge < -0.3 is 10.1 Å². The van der Waals surface area contributed by atoms with Gasteiger partial charge in [-0.1, -0.05) is 20.8 Å². The number of hydrogen-bond donors (Lipinski definition) is 1. The molecule has 0 bridgehead atoms. The van der Waals surface area contributed by atoms with E-state index in [1.807, 2.05) is 5.38 Å². The van der Waals surface area contributed by atoms with E-state index in [1.165, 1.54) is 11.3 Å². The predicted molar refractivity (Wildman–Crippen MR) is 75.3 cm³/mol. The molecule has 2 rings (SSSR count). The van der Waals surface area contributed by atoms with Gasteiger partial charge in [0, 0.05) is 6.61 Å². The molecule has 0 spiro atoms. The molecule has 5 heteroatoms. The van der Waals surface area contributed by atoms with Crippen LogP contribution < -0.4 is 5.32 Å². The Morgan fingerprint density at radius 2 is 2.32 bits per heavy atom. The number of ether oxygens (including phenoxy) is 1. The lowest BCUT2D eigenvalue weighted by Crippen LogP contribution is -2.26. The maximum atomic E-state index is 12.0. The number of thiophene rings is 1. The summed E-state index contributed by atoms with van der Waals surface area (Å²) in [5.74, 6) is -0.142. The predicted octanol–water partition coefficient (Wildman–Crippen LogP) is 3.03. The van der Waals surface area contributed by atoms with E-state index in [-0.39, 0.29) is 17.4 Å². The summed E-state index contributed by atoms with van der Waals surface area (Å²) in [6.45, 7) is 6.81. The van der Waals surface area contributed by atoms with Crippen molar-refractivity contribution in [3.63, 3.8) is 0 Å². The van der Waals surface area contributed by atoms with Gasteiger partial charge in [0.2, 0.25) is 0 Å². The Kier molecular flexibility index (Phi) is 3.93. The quantitative estimate of drug-likeness (QED) is 0.904. The molecule has 0 saturated carbocycles. The molecule has 102 valence electrons. The topological polar surface area (TPSA) is 62.1 Å². The van der Waals surface area contributed by atoms with Crippen molar-refractivity contribution in [3.8, 4) is 6.07 Å². The van der Waals surface area contributed by atoms with Crippen LogP contribution in [0.5, 0.6) is 0 Å². The molecule has 1 saturated heterocycles. The highest BCUT2D eigenvalue weighted by Crippen LogP contribution is 2.35. The van der Waals surface area contributed by atoms with Gasteiger partial charge in [0.1, 0.15) is 17.2 Å². The number of carbonyl (C=O) groups excluding carboxylic acids is 1. The molecule has 19 heavy (non-hydrogen) atoms. The third-order valence-corrected chi connectivity index (χ3v) is 4.07. The van der Waals surface area contributed by atoms with Crippen molar-refractivity contribution < 1.29 is 9.53 Å². The van der Waals surface area contributed by atoms with E-state index in [0.29, 0.717) is 17.2 Å². The van der Waals surface area contributed by atoms with Gasteiger partial charge in [-0.05, 0) is 29.2 Å². The van der Waals surface area contributed by atoms with E-state index in [4.69, 9.17) is 4.74 Å². The molecule has 1 fully saturated rings. The summed E-state index contributed by atoms with van der Waals surface area (Å²) in [7, 11) is 0. The Labute approximate surface area is 117 Å². The SMILES string of the molecule is CC(C)(C)c1csc(NC(=O)C2CCCO2)c1C#N. The minimum absolute atomic E-state index is 0.103. The average Bonchev–Trinajstić information content (AvgIpc) is 2.96. The highest BCUT2D eigenvalue weighted by molar-refractivity contribution is 7.14. The van der Waals surface area contributed by atoms with Crippen LogP contribution in [0.4, 0.5) is 5.00 Å². The van der Waals surface area contributed by atoms with Gasteiger partial charge in [-0.25, -0.2) is 0 Å². The van der Waals surface area contributed by atoms with E-state index in [2.05, 4.69) is 32.2 Å². The lowest BCUT2D eigenvalue weighted by Gasteiger charge is -2.17. The van der Waals surface area contributed by atoms with E-state index >= 15 is 0 Å². The first-order valence-corrected chi connectivity index (χ1v) is 7.26. The third-order valence-electron chi connectivity index (χ3n) is 3.17. The first-order chi connectivity index (χ1) is 8.93. The van der Waals surface area contributed by atoms with Gasteiger partial charge in [-0.2, -0.15) is 5.26 Å². The monoisotopic (exact) mass is 278 g/mol. The van der Waals surface area contributed by atoms with Crippen molar-refractivity contribution in [1.82, 2.24) is 0 Å². The minimum Gasteiger partial charge on any atom is -0.368 e. The Bertz CT molecular complexity index is 517. The molecule has 1 aliphatic heterocycles. The van der Waals surface area contributed by atoms with Crippen LogP contribution in [0.1, 0.15) is 44.7 Å². The fourth-order valence-electron chi connectivity index (χ4n) is 2.09. The van der Waals surface area contributed by atoms with Crippen LogP contribution in [-0.4, -0.2) is 18.6 Å². The summed E-state index contributed by atoms with van der Waals surface area (Å²) in [5.41, 5.74) is 1.44. The van der Waals surface area contributed by atoms with Crippen LogP contribution in [0.2, 0.25) is 0 Å². The normalized spacial score (nSPS) is 19.2. The van der Waals surface area contributed by atoms with Gasteiger partial charge in [0.05, 0.1) is 5.56 Å². The fraction of sp³-hybridized carbons (Fsp3) is 0.571. The van der Waals surface area contributed by atoms with Crippen LogP contribution in [-0.2, 0) is 14.9 Å². The molecule has 2 heterocycles. The summed E-state index contributed by atoms with van der Waals surface area (Å²) in [6.07, 6.45) is 1.30. The largest absolute Gasteiger partial charge is 0.368 e. The van der Waals surface area contributed by atoms with Crippen LogP contribution >= 0.6 is 11.3 Å². The van der Waals surface area contributed by atoms with E-state index in [1.54, 1.807) is 0 Å². The van der Waals surface area contributed by atoms with Gasteiger partial charge in [-0.15, -0.1) is 11.3 Å². The van der Waals surface area contributed by atoms with Gasteiger partial charge in [0.15, 0.2) is 0 Å². The van der Waals surface area contributed by atoms with E-state index in [0.717, 1.165) is 18.4 Å². The molecule has 1 aromatic heterocycles. The third kappa shape index (κ3) is 2.96. The molecule has 0 aliphatic carbocycles. The van der Waals surface area contributed by atoms with Crippen molar-refractivity contribution in [2.45, 2.75) is 45.1 Å². The summed E-state index contributed by atoms with van der Waals surface area (Å²) in [4.78, 5) is 12.0. The average molecular weight is 278 g/mol. The standard InChI is InChI=1S/C14H18N2O2S/c1-14(2,3)10-8-19-13(9(10)7-15)16-12(17)11-5-4-6-18-11/h8,11H,4-6H2,1-3H3,(H,16,17). The minimum atomic E-state index is -0.369. The number of rotatable bonds is 2. The molecule has 1 aromatic rings. The Hall–Kier alpha value is -1.38. The van der Waals surface area contributed by atoms with Crippen LogP contribution in [0, 0.1) is 11.3 Å². The van der Waals surface area contributed by atoms with Gasteiger partial charge >= 0.3 is 0 Å². The van der Waals surface area contributed by atoms with E-state index in [9.17, 15) is 10.1 Å². The lowest BCUT2D eigenvalue weighted by molar-refractivity contribution is -0.124. The zero-order chi connectivity index (χ0) is 14.0. The molecular formula is C14H18N2O2S. The van der Waals surface area contributed by atoms with Crippen molar-refractivity contribution in [2.24, 2.45) is 0 Å². The molecule has 0 aromatic carbocycles. The van der Waals surface area contributed by atoms with Crippen molar-refractivity contribution in [2.75, 3.05) is 11.9 Å². The van der Waals surface area contributed by atoms with Crippen molar-refractivity contribution in [1.29, 1.82) is 5.26 Å². The number of hydrogen-bond acceptors (Lipinski definition) is 4. The van der Waals surface area contributed by atoms with E-state index < -0.39 is 0 Å². The van der Waals surface area contributed by atoms with Crippen molar-refractivity contribution >= 4 is 22.2 Å². The molecule has 0 radical (unpaired) electrons. The fourth-order valence-corrected chi connectivity index (χ4v) is 3.23. The highest BCUT2D eigenvalue weighted by Gasteiger charge is 2.27. The summed E-state index contributed by atoms with van der Waals surface area (Å²) in [5, 5.41) is 14.7. The molecule has 4 nitrogen and oxygen atoms in total. The zero-order valence-electron chi connectivity index (χ0n) is 11.4. The van der Waals surface area contributed by atoms with Crippen LogP contribution in [0.3, 0.4) is 0 Å². The molecule has 1 N–H and O–H groups in total. The summed E-state index contributed by atoms with van der Waals surface area (Å²) >= 11 is 1.40. The number of nitrogens with zero attached hydrogens (tertiary/aromatic N) is 1. The number of amides is 1. The second kappa shape index (κ2) is 5.32. The van der Waals surface area contributed by atoms with Crippen LogP contribution in [0.15, 0.2) is 5.38 Å². The smallest absolute Gasteiger partial charge is 0.254 e. The lowest BCUT2D eigenvalue weighted by atomic mass is 9.86. The van der Waals surface area contributed by atoms with Gasteiger partial charge in [-0.3, -0.25) is 4.79 Å². The van der Waals surface area contributed by atoms with Crippen molar-refractivity contribution in [3.05, 3.63) is 16.5 Å². The highest BCUT2D eigenvalue weighted by atomic mass is 32.1. The molecule has 1 aliphatic rings.